The first kappa shape index (κ1) is 14.2. The molecule has 2 aromatic rings. The Hall–Kier alpha value is -1.39. The van der Waals surface area contributed by atoms with Crippen molar-refractivity contribution in [2.75, 3.05) is 0 Å². The van der Waals surface area contributed by atoms with Crippen LogP contribution in [0.5, 0.6) is 0 Å². The Morgan fingerprint density at radius 3 is 3.00 bits per heavy atom. The maximum Gasteiger partial charge on any atom is 0.283 e. The molecule has 1 amide bonds. The largest absolute Gasteiger partial charge is 0.283 e. The summed E-state index contributed by atoms with van der Waals surface area (Å²) in [5.41, 5.74) is 5.05. The fourth-order valence-corrected chi connectivity index (χ4v) is 5.16. The van der Waals surface area contributed by atoms with Gasteiger partial charge < -0.3 is 0 Å². The summed E-state index contributed by atoms with van der Waals surface area (Å²) in [4.78, 5) is 12.9. The number of nitrogens with zero attached hydrogens (tertiary/aromatic N) is 1. The van der Waals surface area contributed by atoms with Gasteiger partial charge in [-0.3, -0.25) is 4.79 Å². The van der Waals surface area contributed by atoms with Crippen LogP contribution in [0.3, 0.4) is 0 Å². The van der Waals surface area contributed by atoms with Crippen LogP contribution in [0.15, 0.2) is 23.3 Å². The minimum Gasteiger partial charge on any atom is -0.266 e. The lowest BCUT2D eigenvalue weighted by atomic mass is 9.99. The Labute approximate surface area is 138 Å². The zero-order valence-electron chi connectivity index (χ0n) is 12.4. The van der Waals surface area contributed by atoms with E-state index in [9.17, 15) is 4.79 Å². The second kappa shape index (κ2) is 5.36. The number of amides is 1. The first-order chi connectivity index (χ1) is 10.6. The third-order valence-electron chi connectivity index (χ3n) is 4.80. The predicted molar refractivity (Wildman–Crippen MR) is 91.9 cm³/mol. The molecule has 3 nitrogen and oxygen atoms in total. The number of fused-ring (bicyclic) bond motifs is 3. The number of rotatable bonds is 2. The van der Waals surface area contributed by atoms with E-state index in [1.807, 2.05) is 19.1 Å². The van der Waals surface area contributed by atoms with Crippen molar-refractivity contribution in [1.29, 1.82) is 0 Å². The van der Waals surface area contributed by atoms with Crippen LogP contribution in [0.25, 0.3) is 10.1 Å². The Morgan fingerprint density at radius 1 is 1.41 bits per heavy atom. The SMILES string of the molecule is Cc1ccc2c(Cl)c(C(=O)N/N=C3/CC4CCC3C4)sc2c1. The molecule has 1 aromatic heterocycles. The van der Waals surface area contributed by atoms with Crippen LogP contribution in [-0.4, -0.2) is 11.6 Å². The zero-order valence-corrected chi connectivity index (χ0v) is 13.9. The van der Waals surface area contributed by atoms with Crippen LogP contribution in [0.4, 0.5) is 0 Å². The Kier molecular flexibility index (Phi) is 3.46. The number of thiophene rings is 1. The third-order valence-corrected chi connectivity index (χ3v) is 6.46. The summed E-state index contributed by atoms with van der Waals surface area (Å²) >= 11 is 7.79. The lowest BCUT2D eigenvalue weighted by Crippen LogP contribution is -2.21. The number of nitrogens with one attached hydrogen (secondary N) is 1. The molecule has 2 unspecified atom stereocenters. The van der Waals surface area contributed by atoms with Gasteiger partial charge in [0.2, 0.25) is 0 Å². The second-order valence-corrected chi connectivity index (χ2v) is 7.80. The van der Waals surface area contributed by atoms with E-state index < -0.39 is 0 Å². The van der Waals surface area contributed by atoms with E-state index in [0.717, 1.165) is 28.1 Å². The smallest absolute Gasteiger partial charge is 0.266 e. The fraction of sp³-hybridized carbons (Fsp3) is 0.412. The van der Waals surface area contributed by atoms with Crippen molar-refractivity contribution in [3.8, 4) is 0 Å². The van der Waals surface area contributed by atoms with Crippen LogP contribution >= 0.6 is 22.9 Å². The molecule has 1 aromatic carbocycles. The summed E-state index contributed by atoms with van der Waals surface area (Å²) in [6, 6.07) is 6.05. The molecule has 5 heteroatoms. The highest BCUT2D eigenvalue weighted by molar-refractivity contribution is 7.21. The van der Waals surface area contributed by atoms with Gasteiger partial charge >= 0.3 is 0 Å². The van der Waals surface area contributed by atoms with Crippen LogP contribution in [0, 0.1) is 18.8 Å². The summed E-state index contributed by atoms with van der Waals surface area (Å²) < 4.78 is 1.04. The van der Waals surface area contributed by atoms with E-state index in [0.29, 0.717) is 15.8 Å². The average molecular weight is 333 g/mol. The van der Waals surface area contributed by atoms with Gasteiger partial charge in [0.15, 0.2) is 0 Å². The molecule has 2 bridgehead atoms. The number of aryl methyl sites for hydroxylation is 1. The highest BCUT2D eigenvalue weighted by atomic mass is 35.5. The Morgan fingerprint density at radius 2 is 2.27 bits per heavy atom. The van der Waals surface area contributed by atoms with Gasteiger partial charge in [0.1, 0.15) is 4.88 Å². The third kappa shape index (κ3) is 2.34. The van der Waals surface area contributed by atoms with Crippen molar-refractivity contribution in [3.05, 3.63) is 33.7 Å². The number of halogens is 1. The summed E-state index contributed by atoms with van der Waals surface area (Å²) in [6.07, 6.45) is 4.84. The lowest BCUT2D eigenvalue weighted by molar-refractivity contribution is 0.0958. The van der Waals surface area contributed by atoms with E-state index in [2.05, 4.69) is 16.6 Å². The Balaban J connectivity index is 1.58. The molecule has 22 heavy (non-hydrogen) atoms. The summed E-state index contributed by atoms with van der Waals surface area (Å²) in [5.74, 6) is 1.18. The Bertz CT molecular complexity index is 795. The molecule has 1 N–H and O–H groups in total. The van der Waals surface area contributed by atoms with E-state index in [4.69, 9.17) is 11.6 Å². The van der Waals surface area contributed by atoms with E-state index >= 15 is 0 Å². The van der Waals surface area contributed by atoms with Gasteiger partial charge in [0, 0.05) is 15.8 Å². The number of carbonyl (C=O) groups is 1. The van der Waals surface area contributed by atoms with E-state index in [1.165, 1.54) is 36.2 Å². The van der Waals surface area contributed by atoms with Crippen LogP contribution in [-0.2, 0) is 0 Å². The second-order valence-electron chi connectivity index (χ2n) is 6.37. The number of carbonyl (C=O) groups excluding carboxylic acids is 1. The minimum atomic E-state index is -0.195. The maximum absolute atomic E-state index is 12.4. The molecule has 0 radical (unpaired) electrons. The predicted octanol–water partition coefficient (Wildman–Crippen LogP) is 4.77. The lowest BCUT2D eigenvalue weighted by Gasteiger charge is -2.11. The summed E-state index contributed by atoms with van der Waals surface area (Å²) in [6.45, 7) is 2.04. The normalized spacial score (nSPS) is 25.3. The minimum absolute atomic E-state index is 0.195. The number of hydrogen-bond acceptors (Lipinski definition) is 3. The number of hydrogen-bond donors (Lipinski definition) is 1. The number of benzene rings is 1. The van der Waals surface area contributed by atoms with E-state index in [-0.39, 0.29) is 5.91 Å². The maximum atomic E-state index is 12.4. The van der Waals surface area contributed by atoms with Crippen LogP contribution < -0.4 is 5.43 Å². The monoisotopic (exact) mass is 332 g/mol. The molecular weight excluding hydrogens is 316 g/mol. The molecule has 4 rings (SSSR count). The topological polar surface area (TPSA) is 41.5 Å². The van der Waals surface area contributed by atoms with Gasteiger partial charge in [-0.25, -0.2) is 5.43 Å². The fourth-order valence-electron chi connectivity index (χ4n) is 3.65. The van der Waals surface area contributed by atoms with Crippen LogP contribution in [0.2, 0.25) is 5.02 Å². The zero-order chi connectivity index (χ0) is 15.3. The molecule has 0 aliphatic heterocycles. The highest BCUT2D eigenvalue weighted by Crippen LogP contribution is 2.42. The molecule has 114 valence electrons. The van der Waals surface area contributed by atoms with Crippen molar-refractivity contribution in [2.24, 2.45) is 16.9 Å². The standard InChI is InChI=1S/C17H17ClN2OS/c1-9-2-5-12-14(6-9)22-16(15(12)18)17(21)20-19-13-8-10-3-4-11(13)7-10/h2,5-6,10-11H,3-4,7-8H2,1H3,(H,20,21)/b19-13-. The number of hydrazone groups is 1. The summed E-state index contributed by atoms with van der Waals surface area (Å²) in [7, 11) is 0. The first-order valence-corrected chi connectivity index (χ1v) is 8.86. The quantitative estimate of drug-likeness (QED) is 0.791. The first-order valence-electron chi connectivity index (χ1n) is 7.67. The summed E-state index contributed by atoms with van der Waals surface area (Å²) in [5, 5.41) is 5.85. The molecular formula is C17H17ClN2OS. The molecule has 2 fully saturated rings. The molecule has 0 spiro atoms. The molecule has 1 heterocycles. The molecule has 2 saturated carbocycles. The van der Waals surface area contributed by atoms with Crippen molar-refractivity contribution >= 4 is 44.6 Å². The molecule has 2 aliphatic carbocycles. The van der Waals surface area contributed by atoms with Gasteiger partial charge in [-0.2, -0.15) is 5.10 Å². The van der Waals surface area contributed by atoms with Crippen molar-refractivity contribution in [3.63, 3.8) is 0 Å². The van der Waals surface area contributed by atoms with Crippen molar-refractivity contribution < 1.29 is 4.79 Å². The van der Waals surface area contributed by atoms with Gasteiger partial charge in [0.05, 0.1) is 5.02 Å². The van der Waals surface area contributed by atoms with Gasteiger partial charge in [-0.05, 0) is 56.1 Å². The van der Waals surface area contributed by atoms with Crippen LogP contribution in [0.1, 0.15) is 40.9 Å². The van der Waals surface area contributed by atoms with Crippen molar-refractivity contribution in [1.82, 2.24) is 5.43 Å². The van der Waals surface area contributed by atoms with Gasteiger partial charge in [-0.1, -0.05) is 23.7 Å². The highest BCUT2D eigenvalue weighted by Gasteiger charge is 2.36. The van der Waals surface area contributed by atoms with E-state index in [1.54, 1.807) is 0 Å². The van der Waals surface area contributed by atoms with Gasteiger partial charge in [-0.15, -0.1) is 11.3 Å². The average Bonchev–Trinajstić information content (AvgIpc) is 3.19. The van der Waals surface area contributed by atoms with Gasteiger partial charge in [0.25, 0.3) is 5.91 Å². The molecule has 2 atom stereocenters. The van der Waals surface area contributed by atoms with Crippen molar-refractivity contribution in [2.45, 2.75) is 32.6 Å². The molecule has 0 saturated heterocycles. The molecule has 2 aliphatic rings.